The molecule has 0 aliphatic carbocycles. The van der Waals surface area contributed by atoms with Crippen LogP contribution >= 0.6 is 0 Å². The van der Waals surface area contributed by atoms with E-state index in [-0.39, 0.29) is 5.70 Å². The highest BCUT2D eigenvalue weighted by Gasteiger charge is 2.16. The summed E-state index contributed by atoms with van der Waals surface area (Å²) in [5.74, 6) is -1.66. The van der Waals surface area contributed by atoms with Crippen molar-refractivity contribution in [2.24, 2.45) is 4.99 Å². The van der Waals surface area contributed by atoms with Crippen LogP contribution in [0.5, 0.6) is 0 Å². The van der Waals surface area contributed by atoms with Gasteiger partial charge in [-0.3, -0.25) is 0 Å². The molecule has 0 saturated heterocycles. The Morgan fingerprint density at radius 2 is 1.75 bits per heavy atom. The zero-order chi connectivity index (χ0) is 12.1. The van der Waals surface area contributed by atoms with Crippen molar-refractivity contribution in [1.82, 2.24) is 0 Å². The van der Waals surface area contributed by atoms with Gasteiger partial charge < -0.3 is 4.74 Å². The number of carbonyl (C=O) groups excluding carboxylic acids is 1. The minimum absolute atomic E-state index is 0.183. The molecule has 1 aromatic carbocycles. The SMILES string of the molecule is C=C1N=C(C)OC1=O.Fc1ccccc1F. The van der Waals surface area contributed by atoms with Crippen LogP contribution in [-0.2, 0) is 9.53 Å². The summed E-state index contributed by atoms with van der Waals surface area (Å²) in [6.45, 7) is 4.93. The second kappa shape index (κ2) is 5.16. The van der Waals surface area contributed by atoms with Crippen molar-refractivity contribution in [3.8, 4) is 0 Å². The van der Waals surface area contributed by atoms with Crippen LogP contribution in [0.3, 0.4) is 0 Å². The summed E-state index contributed by atoms with van der Waals surface area (Å²) < 4.78 is 28.4. The lowest BCUT2D eigenvalue weighted by Gasteiger charge is -1.85. The molecule has 0 saturated carbocycles. The predicted molar refractivity (Wildman–Crippen MR) is 54.7 cm³/mol. The van der Waals surface area contributed by atoms with E-state index in [1.165, 1.54) is 12.1 Å². The molecule has 3 nitrogen and oxygen atoms in total. The maximum absolute atomic E-state index is 11.9. The fraction of sp³-hybridized carbons (Fsp3) is 0.0909. The number of cyclic esters (lactones) is 1. The van der Waals surface area contributed by atoms with Crippen molar-refractivity contribution in [2.45, 2.75) is 6.92 Å². The molecule has 84 valence electrons. The standard InChI is InChI=1S/C6H4F2.C5H5NO2/c7-5-3-1-2-4-6(5)8;1-3-5(7)8-4(2)6-3/h1-4H;1H2,2H3. The monoisotopic (exact) mass is 225 g/mol. The molecule has 0 fully saturated rings. The van der Waals surface area contributed by atoms with Crippen molar-refractivity contribution in [3.63, 3.8) is 0 Å². The van der Waals surface area contributed by atoms with Crippen LogP contribution in [0.2, 0.25) is 0 Å². The number of hydrogen-bond donors (Lipinski definition) is 0. The summed E-state index contributed by atoms with van der Waals surface area (Å²) in [5.41, 5.74) is 0.183. The van der Waals surface area contributed by atoms with E-state index in [2.05, 4.69) is 16.3 Å². The number of esters is 1. The smallest absolute Gasteiger partial charge is 0.362 e. The molecule has 0 spiro atoms. The number of hydrogen-bond acceptors (Lipinski definition) is 3. The van der Waals surface area contributed by atoms with Gasteiger partial charge in [0, 0.05) is 6.92 Å². The largest absolute Gasteiger partial charge is 0.407 e. The summed E-state index contributed by atoms with van der Waals surface area (Å²) in [6, 6.07) is 5.04. The molecule has 0 bridgehead atoms. The quantitative estimate of drug-likeness (QED) is 0.502. The first kappa shape index (κ1) is 12.0. The molecule has 0 radical (unpaired) electrons. The van der Waals surface area contributed by atoms with E-state index in [9.17, 15) is 13.6 Å². The molecule has 16 heavy (non-hydrogen) atoms. The van der Waals surface area contributed by atoms with Crippen molar-refractivity contribution >= 4 is 11.9 Å². The highest BCUT2D eigenvalue weighted by Crippen LogP contribution is 2.06. The van der Waals surface area contributed by atoms with Crippen molar-refractivity contribution in [1.29, 1.82) is 0 Å². The van der Waals surface area contributed by atoms with Gasteiger partial charge in [0.1, 0.15) is 5.70 Å². The van der Waals surface area contributed by atoms with Crippen LogP contribution in [0.4, 0.5) is 8.78 Å². The number of nitrogens with zero attached hydrogens (tertiary/aromatic N) is 1. The molecule has 0 unspecified atom stereocenters. The van der Waals surface area contributed by atoms with Gasteiger partial charge in [-0.2, -0.15) is 0 Å². The Balaban J connectivity index is 0.000000160. The Hall–Kier alpha value is -2.04. The van der Waals surface area contributed by atoms with Crippen molar-refractivity contribution in [2.75, 3.05) is 0 Å². The first-order valence-corrected chi connectivity index (χ1v) is 4.37. The van der Waals surface area contributed by atoms with Crippen LogP contribution in [0.1, 0.15) is 6.92 Å². The molecule has 1 aliphatic rings. The second-order valence-electron chi connectivity index (χ2n) is 2.88. The molecular weight excluding hydrogens is 216 g/mol. The third-order valence-electron chi connectivity index (χ3n) is 1.59. The lowest BCUT2D eigenvalue weighted by atomic mass is 10.3. The Morgan fingerprint density at radius 1 is 1.25 bits per heavy atom. The predicted octanol–water partition coefficient (Wildman–Crippen LogP) is 2.44. The molecule has 5 heteroatoms. The van der Waals surface area contributed by atoms with Crippen LogP contribution in [0.25, 0.3) is 0 Å². The third kappa shape index (κ3) is 3.27. The fourth-order valence-electron chi connectivity index (χ4n) is 0.891. The number of benzene rings is 1. The number of rotatable bonds is 0. The topological polar surface area (TPSA) is 38.7 Å². The second-order valence-corrected chi connectivity index (χ2v) is 2.88. The van der Waals surface area contributed by atoms with Gasteiger partial charge in [-0.25, -0.2) is 18.6 Å². The van der Waals surface area contributed by atoms with Crippen LogP contribution in [0, 0.1) is 11.6 Å². The molecule has 1 aliphatic heterocycles. The normalized spacial score (nSPS) is 13.8. The minimum atomic E-state index is -0.799. The van der Waals surface area contributed by atoms with E-state index in [1.54, 1.807) is 6.92 Å². The average molecular weight is 225 g/mol. The van der Waals surface area contributed by atoms with Crippen molar-refractivity contribution < 1.29 is 18.3 Å². The third-order valence-corrected chi connectivity index (χ3v) is 1.59. The van der Waals surface area contributed by atoms with Crippen molar-refractivity contribution in [3.05, 3.63) is 48.2 Å². The van der Waals surface area contributed by atoms with Gasteiger partial charge in [-0.15, -0.1) is 0 Å². The number of carbonyl (C=O) groups is 1. The van der Waals surface area contributed by atoms with E-state index in [0.29, 0.717) is 5.90 Å². The number of halogens is 2. The lowest BCUT2D eigenvalue weighted by molar-refractivity contribution is -0.130. The maximum atomic E-state index is 11.9. The fourth-order valence-corrected chi connectivity index (χ4v) is 0.891. The molecular formula is C11H9F2NO2. The van der Waals surface area contributed by atoms with Crippen LogP contribution < -0.4 is 0 Å². The number of ether oxygens (including phenoxy) is 1. The molecule has 2 rings (SSSR count). The summed E-state index contributed by atoms with van der Waals surface area (Å²) in [6.07, 6.45) is 0. The first-order chi connectivity index (χ1) is 7.50. The van der Waals surface area contributed by atoms with Gasteiger partial charge in [-0.1, -0.05) is 18.7 Å². The molecule has 0 amide bonds. The molecule has 0 aromatic heterocycles. The van der Waals surface area contributed by atoms with Gasteiger partial charge in [0.2, 0.25) is 0 Å². The summed E-state index contributed by atoms with van der Waals surface area (Å²) in [7, 11) is 0. The maximum Gasteiger partial charge on any atom is 0.362 e. The molecule has 1 heterocycles. The molecule has 0 atom stereocenters. The Bertz CT molecular complexity index is 434. The van der Waals surface area contributed by atoms with Gasteiger partial charge >= 0.3 is 5.97 Å². The van der Waals surface area contributed by atoms with Crippen LogP contribution in [0.15, 0.2) is 41.5 Å². The van der Waals surface area contributed by atoms with E-state index >= 15 is 0 Å². The minimum Gasteiger partial charge on any atom is -0.407 e. The lowest BCUT2D eigenvalue weighted by Crippen LogP contribution is -1.98. The van der Waals surface area contributed by atoms with E-state index in [4.69, 9.17) is 0 Å². The Kier molecular flexibility index (Phi) is 3.88. The zero-order valence-corrected chi connectivity index (χ0v) is 8.54. The van der Waals surface area contributed by atoms with E-state index in [1.807, 2.05) is 0 Å². The summed E-state index contributed by atoms with van der Waals surface area (Å²) in [5, 5.41) is 0. The molecule has 1 aromatic rings. The first-order valence-electron chi connectivity index (χ1n) is 4.37. The Morgan fingerprint density at radius 3 is 1.94 bits per heavy atom. The highest BCUT2D eigenvalue weighted by molar-refractivity contribution is 6.03. The summed E-state index contributed by atoms with van der Waals surface area (Å²) in [4.78, 5) is 14.0. The molecule has 0 N–H and O–H groups in total. The Labute approximate surface area is 91.1 Å². The average Bonchev–Trinajstić information content (AvgIpc) is 2.50. The number of aliphatic imine (C=N–C) groups is 1. The summed E-state index contributed by atoms with van der Waals surface area (Å²) >= 11 is 0. The van der Waals surface area contributed by atoms with Gasteiger partial charge in [-0.05, 0) is 12.1 Å². The van der Waals surface area contributed by atoms with Crippen LogP contribution in [-0.4, -0.2) is 11.9 Å². The van der Waals surface area contributed by atoms with Gasteiger partial charge in [0.05, 0.1) is 0 Å². The van der Waals surface area contributed by atoms with Gasteiger partial charge in [0.25, 0.3) is 0 Å². The van der Waals surface area contributed by atoms with Gasteiger partial charge in [0.15, 0.2) is 17.5 Å². The van der Waals surface area contributed by atoms with E-state index < -0.39 is 17.6 Å². The zero-order valence-electron chi connectivity index (χ0n) is 8.54. The highest BCUT2D eigenvalue weighted by atomic mass is 19.2. The van der Waals surface area contributed by atoms with E-state index in [0.717, 1.165) is 12.1 Å².